The van der Waals surface area contributed by atoms with Gasteiger partial charge in [0.1, 0.15) is 24.0 Å². The van der Waals surface area contributed by atoms with Gasteiger partial charge >= 0.3 is 0 Å². The standard InChI is InChI=1S/C23H19N3O2/c1-17-8-10-21(11-9-17)26-23(27)20(14-24)13-19-6-2-3-7-22(19)28-16-18-5-4-12-25-15-18/h2-13,15H,16H2,1H3,(H,26,27)/b20-13+. The summed E-state index contributed by atoms with van der Waals surface area (Å²) >= 11 is 0. The van der Waals surface area contributed by atoms with Gasteiger partial charge in [0, 0.05) is 29.2 Å². The first-order chi connectivity index (χ1) is 13.7. The molecule has 0 spiro atoms. The Morgan fingerprint density at radius 2 is 1.93 bits per heavy atom. The highest BCUT2D eigenvalue weighted by Gasteiger charge is 2.11. The first kappa shape index (κ1) is 18.9. The van der Waals surface area contributed by atoms with Crippen LogP contribution >= 0.6 is 0 Å². The van der Waals surface area contributed by atoms with Crippen molar-refractivity contribution in [3.05, 3.63) is 95.3 Å². The molecule has 3 rings (SSSR count). The summed E-state index contributed by atoms with van der Waals surface area (Å²) in [5.41, 5.74) is 3.31. The van der Waals surface area contributed by atoms with Crippen LogP contribution in [0, 0.1) is 18.3 Å². The molecule has 0 unspecified atom stereocenters. The van der Waals surface area contributed by atoms with Crippen LogP contribution in [0.15, 0.2) is 78.6 Å². The molecule has 1 N–H and O–H groups in total. The predicted molar refractivity (Wildman–Crippen MR) is 108 cm³/mol. The van der Waals surface area contributed by atoms with Crippen molar-refractivity contribution in [2.45, 2.75) is 13.5 Å². The van der Waals surface area contributed by atoms with Crippen molar-refractivity contribution in [1.29, 1.82) is 5.26 Å². The summed E-state index contributed by atoms with van der Waals surface area (Å²) in [4.78, 5) is 16.5. The van der Waals surface area contributed by atoms with E-state index in [0.717, 1.165) is 11.1 Å². The molecule has 1 heterocycles. The highest BCUT2D eigenvalue weighted by atomic mass is 16.5. The Kier molecular flexibility index (Phi) is 6.17. The molecule has 0 atom stereocenters. The number of pyridine rings is 1. The van der Waals surface area contributed by atoms with Gasteiger partial charge in [-0.3, -0.25) is 9.78 Å². The number of nitrogens with one attached hydrogen (secondary N) is 1. The van der Waals surface area contributed by atoms with Crippen molar-refractivity contribution in [1.82, 2.24) is 4.98 Å². The maximum atomic E-state index is 12.5. The fourth-order valence-corrected chi connectivity index (χ4v) is 2.52. The van der Waals surface area contributed by atoms with Crippen LogP contribution in [0.1, 0.15) is 16.7 Å². The van der Waals surface area contributed by atoms with Crippen LogP contribution in [0.4, 0.5) is 5.69 Å². The quantitative estimate of drug-likeness (QED) is 0.512. The molecule has 0 radical (unpaired) electrons. The van der Waals surface area contributed by atoms with Crippen LogP contribution < -0.4 is 10.1 Å². The molecule has 0 aliphatic heterocycles. The second-order valence-corrected chi connectivity index (χ2v) is 6.18. The van der Waals surface area contributed by atoms with Crippen LogP contribution in [-0.4, -0.2) is 10.9 Å². The second kappa shape index (κ2) is 9.15. The highest BCUT2D eigenvalue weighted by molar-refractivity contribution is 6.09. The number of ether oxygens (including phenoxy) is 1. The third kappa shape index (κ3) is 5.05. The average molecular weight is 369 g/mol. The van der Waals surface area contributed by atoms with Crippen LogP contribution in [0.3, 0.4) is 0 Å². The van der Waals surface area contributed by atoms with Crippen LogP contribution in [0.2, 0.25) is 0 Å². The highest BCUT2D eigenvalue weighted by Crippen LogP contribution is 2.22. The van der Waals surface area contributed by atoms with E-state index in [1.54, 1.807) is 36.7 Å². The minimum atomic E-state index is -0.464. The van der Waals surface area contributed by atoms with Gasteiger partial charge in [-0.15, -0.1) is 0 Å². The fraction of sp³-hybridized carbons (Fsp3) is 0.0870. The number of aryl methyl sites for hydroxylation is 1. The number of nitrogens with zero attached hydrogens (tertiary/aromatic N) is 2. The number of amides is 1. The number of carbonyl (C=O) groups is 1. The molecule has 0 saturated heterocycles. The fourth-order valence-electron chi connectivity index (χ4n) is 2.52. The van der Waals surface area contributed by atoms with Gasteiger partial charge in [-0.05, 0) is 37.3 Å². The normalized spacial score (nSPS) is 10.8. The number of rotatable bonds is 6. The summed E-state index contributed by atoms with van der Waals surface area (Å²) < 4.78 is 5.85. The van der Waals surface area contributed by atoms with Crippen molar-refractivity contribution in [3.63, 3.8) is 0 Å². The third-order valence-corrected chi connectivity index (χ3v) is 4.01. The molecule has 5 nitrogen and oxygen atoms in total. The Balaban J connectivity index is 1.77. The Morgan fingerprint density at radius 1 is 1.14 bits per heavy atom. The molecular formula is C23H19N3O2. The lowest BCUT2D eigenvalue weighted by molar-refractivity contribution is -0.112. The SMILES string of the molecule is Cc1ccc(NC(=O)/C(C#N)=C/c2ccccc2OCc2cccnc2)cc1. The van der Waals surface area contributed by atoms with E-state index < -0.39 is 5.91 Å². The molecular weight excluding hydrogens is 350 g/mol. The van der Waals surface area contributed by atoms with E-state index in [4.69, 9.17) is 4.74 Å². The molecule has 0 saturated carbocycles. The number of aromatic nitrogens is 1. The lowest BCUT2D eigenvalue weighted by atomic mass is 10.1. The van der Waals surface area contributed by atoms with E-state index >= 15 is 0 Å². The molecule has 2 aromatic carbocycles. The Morgan fingerprint density at radius 3 is 2.64 bits per heavy atom. The van der Waals surface area contributed by atoms with Crippen molar-refractivity contribution in [3.8, 4) is 11.8 Å². The molecule has 0 aliphatic rings. The Hall–Kier alpha value is -3.91. The van der Waals surface area contributed by atoms with Gasteiger partial charge in [0.2, 0.25) is 0 Å². The van der Waals surface area contributed by atoms with Crippen molar-refractivity contribution >= 4 is 17.7 Å². The number of nitriles is 1. The van der Waals surface area contributed by atoms with E-state index in [2.05, 4.69) is 10.3 Å². The number of benzene rings is 2. The summed E-state index contributed by atoms with van der Waals surface area (Å²) in [6.45, 7) is 2.31. The van der Waals surface area contributed by atoms with Gasteiger partial charge in [-0.25, -0.2) is 0 Å². The second-order valence-electron chi connectivity index (χ2n) is 6.18. The van der Waals surface area contributed by atoms with Crippen molar-refractivity contribution < 1.29 is 9.53 Å². The number of para-hydroxylation sites is 1. The molecule has 0 bridgehead atoms. The minimum Gasteiger partial charge on any atom is -0.488 e. The predicted octanol–water partition coefficient (Wildman–Crippen LogP) is 4.51. The summed E-state index contributed by atoms with van der Waals surface area (Å²) in [6.07, 6.45) is 4.96. The van der Waals surface area contributed by atoms with Gasteiger partial charge in [0.15, 0.2) is 0 Å². The van der Waals surface area contributed by atoms with Gasteiger partial charge in [-0.2, -0.15) is 5.26 Å². The first-order valence-electron chi connectivity index (χ1n) is 8.76. The number of hydrogen-bond acceptors (Lipinski definition) is 4. The topological polar surface area (TPSA) is 75.0 Å². The van der Waals surface area contributed by atoms with Gasteiger partial charge in [-0.1, -0.05) is 42.0 Å². The minimum absolute atomic E-state index is 0.00185. The van der Waals surface area contributed by atoms with E-state index in [1.165, 1.54) is 6.08 Å². The molecule has 1 amide bonds. The summed E-state index contributed by atoms with van der Waals surface area (Å²) in [5.74, 6) is 0.121. The van der Waals surface area contributed by atoms with Crippen LogP contribution in [-0.2, 0) is 11.4 Å². The van der Waals surface area contributed by atoms with E-state index in [9.17, 15) is 10.1 Å². The summed E-state index contributed by atoms with van der Waals surface area (Å²) in [7, 11) is 0. The van der Waals surface area contributed by atoms with Crippen LogP contribution in [0.25, 0.3) is 6.08 Å². The molecule has 0 fully saturated rings. The Labute approximate surface area is 163 Å². The zero-order valence-corrected chi connectivity index (χ0v) is 15.4. The van der Waals surface area contributed by atoms with Gasteiger partial charge in [0.25, 0.3) is 5.91 Å². The molecule has 0 aliphatic carbocycles. The number of anilines is 1. The van der Waals surface area contributed by atoms with Gasteiger partial charge < -0.3 is 10.1 Å². The lowest BCUT2D eigenvalue weighted by Crippen LogP contribution is -2.13. The van der Waals surface area contributed by atoms with Crippen molar-refractivity contribution in [2.75, 3.05) is 5.32 Å². The zero-order valence-electron chi connectivity index (χ0n) is 15.4. The molecule has 28 heavy (non-hydrogen) atoms. The van der Waals surface area contributed by atoms with E-state index in [-0.39, 0.29) is 5.57 Å². The molecule has 3 aromatic rings. The lowest BCUT2D eigenvalue weighted by Gasteiger charge is -2.10. The summed E-state index contributed by atoms with van der Waals surface area (Å²) in [6, 6.07) is 20.4. The smallest absolute Gasteiger partial charge is 0.266 e. The largest absolute Gasteiger partial charge is 0.488 e. The average Bonchev–Trinajstić information content (AvgIpc) is 2.73. The maximum Gasteiger partial charge on any atom is 0.266 e. The van der Waals surface area contributed by atoms with E-state index in [0.29, 0.717) is 23.6 Å². The maximum absolute atomic E-state index is 12.5. The van der Waals surface area contributed by atoms with Crippen LogP contribution in [0.5, 0.6) is 5.75 Å². The summed E-state index contributed by atoms with van der Waals surface area (Å²) in [5, 5.41) is 12.2. The number of hydrogen-bond donors (Lipinski definition) is 1. The first-order valence-corrected chi connectivity index (χ1v) is 8.76. The zero-order chi connectivity index (χ0) is 19.8. The van der Waals surface area contributed by atoms with Crippen molar-refractivity contribution in [2.24, 2.45) is 0 Å². The molecule has 138 valence electrons. The molecule has 5 heteroatoms. The molecule has 1 aromatic heterocycles. The van der Waals surface area contributed by atoms with Gasteiger partial charge in [0.05, 0.1) is 0 Å². The third-order valence-electron chi connectivity index (χ3n) is 4.01. The monoisotopic (exact) mass is 369 g/mol. The Bertz CT molecular complexity index is 1020. The number of carbonyl (C=O) groups excluding carboxylic acids is 1. The van der Waals surface area contributed by atoms with E-state index in [1.807, 2.05) is 49.4 Å².